The molecule has 2 amide bonds. The predicted molar refractivity (Wildman–Crippen MR) is 132 cm³/mol. The van der Waals surface area contributed by atoms with Crippen molar-refractivity contribution in [2.45, 2.75) is 45.0 Å². The quantitative estimate of drug-likeness (QED) is 0.372. The van der Waals surface area contributed by atoms with E-state index in [1.807, 2.05) is 18.2 Å². The molecule has 0 bridgehead atoms. The smallest absolute Gasteiger partial charge is 0.242 e. The minimum Gasteiger partial charge on any atom is -0.354 e. The lowest BCUT2D eigenvalue weighted by molar-refractivity contribution is -0.138. The van der Waals surface area contributed by atoms with E-state index in [0.717, 1.165) is 24.0 Å². The molecule has 0 fully saturated rings. The number of nitrogens with one attached hydrogen (secondary N) is 1. The first kappa shape index (κ1) is 25.9. The van der Waals surface area contributed by atoms with Crippen LogP contribution in [0.4, 0.5) is 0 Å². The number of carbonyl (C=O) groups is 2. The maximum absolute atomic E-state index is 13.1. The molecule has 1 atom stereocenters. The fourth-order valence-electron chi connectivity index (χ4n) is 2.92. The van der Waals surface area contributed by atoms with E-state index in [-0.39, 0.29) is 24.1 Å². The Labute approximate surface area is 203 Å². The number of carbonyl (C=O) groups excluding carboxylic acids is 2. The Morgan fingerprint density at radius 1 is 1.03 bits per heavy atom. The van der Waals surface area contributed by atoms with E-state index >= 15 is 0 Å². The molecule has 8 heteroatoms. The molecule has 0 aromatic heterocycles. The number of benzene rings is 2. The number of nitrogens with zero attached hydrogens (tertiary/aromatic N) is 1. The number of hydrogen-bond acceptors (Lipinski definition) is 3. The zero-order chi connectivity index (χ0) is 22.8. The molecule has 1 N–H and O–H groups in total. The standard InChI is InChI=1S/C23H27Cl3N2O2S/c1-3-4-12-27-23(30)16(2)28(13-17-8-5-6-9-19(17)24)22(29)15-31-14-18-20(25)10-7-11-21(18)26/h5-11,16H,3-4,12-15H2,1-2H3,(H,27,30). The molecule has 0 aliphatic rings. The molecule has 2 aromatic rings. The number of amides is 2. The van der Waals surface area contributed by atoms with Crippen LogP contribution in [0.15, 0.2) is 42.5 Å². The van der Waals surface area contributed by atoms with Crippen LogP contribution in [0.1, 0.15) is 37.8 Å². The Hall–Kier alpha value is -1.40. The second-order valence-electron chi connectivity index (χ2n) is 7.13. The van der Waals surface area contributed by atoms with Gasteiger partial charge in [-0.3, -0.25) is 9.59 Å². The molecule has 1 unspecified atom stereocenters. The van der Waals surface area contributed by atoms with E-state index in [0.29, 0.717) is 27.4 Å². The Morgan fingerprint density at radius 2 is 1.68 bits per heavy atom. The second kappa shape index (κ2) is 13.2. The first-order valence-electron chi connectivity index (χ1n) is 10.2. The SMILES string of the molecule is CCCCNC(=O)C(C)N(Cc1ccccc1Cl)C(=O)CSCc1c(Cl)cccc1Cl. The molecule has 0 saturated heterocycles. The van der Waals surface area contributed by atoms with Crippen molar-refractivity contribution in [3.8, 4) is 0 Å². The van der Waals surface area contributed by atoms with E-state index in [9.17, 15) is 9.59 Å². The molecule has 0 heterocycles. The highest BCUT2D eigenvalue weighted by Gasteiger charge is 2.26. The molecule has 31 heavy (non-hydrogen) atoms. The first-order valence-corrected chi connectivity index (χ1v) is 12.4. The van der Waals surface area contributed by atoms with Crippen LogP contribution < -0.4 is 5.32 Å². The van der Waals surface area contributed by atoms with Gasteiger partial charge in [-0.25, -0.2) is 0 Å². The molecule has 0 aliphatic carbocycles. The number of halogens is 3. The van der Waals surface area contributed by atoms with Crippen molar-refractivity contribution in [1.29, 1.82) is 0 Å². The molecule has 2 aromatic carbocycles. The Kier molecular flexibility index (Phi) is 11.0. The van der Waals surface area contributed by atoms with Gasteiger partial charge in [0.05, 0.1) is 5.75 Å². The highest BCUT2D eigenvalue weighted by atomic mass is 35.5. The summed E-state index contributed by atoms with van der Waals surface area (Å²) in [5, 5.41) is 4.62. The van der Waals surface area contributed by atoms with Crippen LogP contribution >= 0.6 is 46.6 Å². The van der Waals surface area contributed by atoms with Crippen LogP contribution in [0.3, 0.4) is 0 Å². The van der Waals surface area contributed by atoms with Crippen molar-refractivity contribution < 1.29 is 9.59 Å². The largest absolute Gasteiger partial charge is 0.354 e. The first-order chi connectivity index (χ1) is 14.8. The zero-order valence-electron chi connectivity index (χ0n) is 17.7. The number of hydrogen-bond donors (Lipinski definition) is 1. The molecule has 0 aliphatic heterocycles. The monoisotopic (exact) mass is 500 g/mol. The average molecular weight is 502 g/mol. The topological polar surface area (TPSA) is 49.4 Å². The highest BCUT2D eigenvalue weighted by molar-refractivity contribution is 7.99. The third-order valence-electron chi connectivity index (χ3n) is 4.83. The predicted octanol–water partition coefficient (Wildman–Crippen LogP) is 6.21. The van der Waals surface area contributed by atoms with E-state index in [1.54, 1.807) is 36.1 Å². The summed E-state index contributed by atoms with van der Waals surface area (Å²) in [7, 11) is 0. The number of unbranched alkanes of at least 4 members (excludes halogenated alkanes) is 1. The minimum absolute atomic E-state index is 0.147. The average Bonchev–Trinajstić information content (AvgIpc) is 2.74. The van der Waals surface area contributed by atoms with Crippen LogP contribution in [-0.4, -0.2) is 35.1 Å². The number of rotatable bonds is 11. The van der Waals surface area contributed by atoms with Gasteiger partial charge in [-0.05, 0) is 42.7 Å². The molecule has 0 spiro atoms. The molecular formula is C23H27Cl3N2O2S. The maximum Gasteiger partial charge on any atom is 0.242 e. The van der Waals surface area contributed by atoms with E-state index < -0.39 is 6.04 Å². The van der Waals surface area contributed by atoms with Gasteiger partial charge in [-0.15, -0.1) is 11.8 Å². The summed E-state index contributed by atoms with van der Waals surface area (Å²) in [5.41, 5.74) is 1.59. The Bertz CT molecular complexity index is 875. The molecule has 4 nitrogen and oxygen atoms in total. The van der Waals surface area contributed by atoms with Crippen molar-refractivity contribution in [2.75, 3.05) is 12.3 Å². The summed E-state index contributed by atoms with van der Waals surface area (Å²) in [4.78, 5) is 27.3. The van der Waals surface area contributed by atoms with Gasteiger partial charge in [0.15, 0.2) is 0 Å². The molecule has 168 valence electrons. The Balaban J connectivity index is 2.09. The maximum atomic E-state index is 13.1. The summed E-state index contributed by atoms with van der Waals surface area (Å²) >= 11 is 20.2. The normalized spacial score (nSPS) is 11.8. The lowest BCUT2D eigenvalue weighted by atomic mass is 10.1. The van der Waals surface area contributed by atoms with Crippen molar-refractivity contribution in [3.63, 3.8) is 0 Å². The van der Waals surface area contributed by atoms with Crippen molar-refractivity contribution in [1.82, 2.24) is 10.2 Å². The second-order valence-corrected chi connectivity index (χ2v) is 9.33. The van der Waals surface area contributed by atoms with Crippen molar-refractivity contribution in [3.05, 3.63) is 68.7 Å². The van der Waals surface area contributed by atoms with E-state index in [1.165, 1.54) is 11.8 Å². The lowest BCUT2D eigenvalue weighted by Crippen LogP contribution is -2.48. The molecule has 0 saturated carbocycles. The fourth-order valence-corrected chi connectivity index (χ4v) is 4.77. The van der Waals surface area contributed by atoms with Gasteiger partial charge in [-0.1, -0.05) is 72.4 Å². The van der Waals surface area contributed by atoms with Gasteiger partial charge in [0, 0.05) is 33.9 Å². The van der Waals surface area contributed by atoms with Crippen LogP contribution in [0.2, 0.25) is 15.1 Å². The summed E-state index contributed by atoms with van der Waals surface area (Å²) in [6.07, 6.45) is 1.88. The van der Waals surface area contributed by atoms with Gasteiger partial charge in [0.2, 0.25) is 11.8 Å². The minimum atomic E-state index is -0.620. The molecule has 0 radical (unpaired) electrons. The summed E-state index contributed by atoms with van der Waals surface area (Å²) < 4.78 is 0. The summed E-state index contributed by atoms with van der Waals surface area (Å²) in [5.74, 6) is 0.374. The van der Waals surface area contributed by atoms with Crippen LogP contribution in [0.25, 0.3) is 0 Å². The van der Waals surface area contributed by atoms with Gasteiger partial charge in [0.1, 0.15) is 6.04 Å². The van der Waals surface area contributed by atoms with Crippen molar-refractivity contribution >= 4 is 58.4 Å². The van der Waals surface area contributed by atoms with Gasteiger partial charge >= 0.3 is 0 Å². The van der Waals surface area contributed by atoms with E-state index in [4.69, 9.17) is 34.8 Å². The molecule has 2 rings (SSSR count). The Morgan fingerprint density at radius 3 is 2.32 bits per heavy atom. The van der Waals surface area contributed by atoms with Gasteiger partial charge in [0.25, 0.3) is 0 Å². The van der Waals surface area contributed by atoms with Gasteiger partial charge in [-0.2, -0.15) is 0 Å². The zero-order valence-corrected chi connectivity index (χ0v) is 20.8. The number of thioether (sulfide) groups is 1. The fraction of sp³-hybridized carbons (Fsp3) is 0.391. The van der Waals surface area contributed by atoms with Gasteiger partial charge < -0.3 is 10.2 Å². The molecular weight excluding hydrogens is 475 g/mol. The van der Waals surface area contributed by atoms with E-state index in [2.05, 4.69) is 12.2 Å². The summed E-state index contributed by atoms with van der Waals surface area (Å²) in [6, 6.07) is 12.1. The summed E-state index contributed by atoms with van der Waals surface area (Å²) in [6.45, 7) is 4.65. The third kappa shape index (κ3) is 7.90. The lowest BCUT2D eigenvalue weighted by Gasteiger charge is -2.29. The van der Waals surface area contributed by atoms with Crippen molar-refractivity contribution in [2.24, 2.45) is 0 Å². The third-order valence-corrected chi connectivity index (χ3v) is 6.85. The van der Waals surface area contributed by atoms with Crippen LogP contribution in [0, 0.1) is 0 Å². The van der Waals surface area contributed by atoms with Crippen LogP contribution in [0.5, 0.6) is 0 Å². The van der Waals surface area contributed by atoms with Crippen LogP contribution in [-0.2, 0) is 21.9 Å². The highest BCUT2D eigenvalue weighted by Crippen LogP contribution is 2.28.